The lowest BCUT2D eigenvalue weighted by molar-refractivity contribution is -0.139. The van der Waals surface area contributed by atoms with Gasteiger partial charge in [0.2, 0.25) is 0 Å². The van der Waals surface area contributed by atoms with Crippen molar-refractivity contribution in [2.75, 3.05) is 6.61 Å². The fourth-order valence-electron chi connectivity index (χ4n) is 2.90. The smallest absolute Gasteiger partial charge is 0.341 e. The summed E-state index contributed by atoms with van der Waals surface area (Å²) in [5, 5.41) is 9.44. The molecule has 5 nitrogen and oxygen atoms in total. The van der Waals surface area contributed by atoms with Gasteiger partial charge in [0.25, 0.3) is 0 Å². The number of ether oxygens (including phenoxy) is 1. The van der Waals surface area contributed by atoms with Gasteiger partial charge in [-0.15, -0.1) is 0 Å². The predicted octanol–water partition coefficient (Wildman–Crippen LogP) is 3.60. The van der Waals surface area contributed by atoms with Gasteiger partial charge in [-0.2, -0.15) is 0 Å². The molecule has 0 aliphatic carbocycles. The number of carboxylic acid groups (broad SMARTS) is 1. The van der Waals surface area contributed by atoms with Crippen LogP contribution >= 0.6 is 0 Å². The largest absolute Gasteiger partial charge is 0.481 e. The maximum Gasteiger partial charge on any atom is 0.341 e. The second kappa shape index (κ2) is 7.00. The number of aryl methyl sites for hydroxylation is 2. The average Bonchev–Trinajstić information content (AvgIpc) is 2.57. The molecule has 0 spiro atoms. The molecular weight excluding hydrogens is 339 g/mol. The van der Waals surface area contributed by atoms with Gasteiger partial charge < -0.3 is 14.3 Å². The Kier molecular flexibility index (Phi) is 4.75. The zero-order valence-corrected chi connectivity index (χ0v) is 14.3. The monoisotopic (exact) mass is 356 g/mol. The van der Waals surface area contributed by atoms with Gasteiger partial charge in [-0.3, -0.25) is 0 Å². The van der Waals surface area contributed by atoms with Crippen molar-refractivity contribution in [2.45, 2.75) is 20.3 Å². The van der Waals surface area contributed by atoms with Crippen LogP contribution < -0.4 is 10.4 Å². The van der Waals surface area contributed by atoms with E-state index in [0.29, 0.717) is 27.8 Å². The van der Waals surface area contributed by atoms with Crippen molar-refractivity contribution in [1.82, 2.24) is 0 Å². The van der Waals surface area contributed by atoms with Crippen molar-refractivity contribution in [3.8, 4) is 5.75 Å². The van der Waals surface area contributed by atoms with Gasteiger partial charge in [-0.1, -0.05) is 12.1 Å². The highest BCUT2D eigenvalue weighted by atomic mass is 19.1. The van der Waals surface area contributed by atoms with Crippen LogP contribution in [0.1, 0.15) is 22.3 Å². The van der Waals surface area contributed by atoms with E-state index >= 15 is 0 Å². The molecule has 3 rings (SSSR count). The third-order valence-electron chi connectivity index (χ3n) is 4.13. The van der Waals surface area contributed by atoms with Crippen molar-refractivity contribution in [3.63, 3.8) is 0 Å². The summed E-state index contributed by atoms with van der Waals surface area (Å²) in [4.78, 5) is 23.3. The molecule has 0 saturated carbocycles. The molecule has 1 N–H and O–H groups in total. The Morgan fingerprint density at radius 3 is 2.54 bits per heavy atom. The van der Waals surface area contributed by atoms with Gasteiger partial charge in [-0.05, 0) is 54.8 Å². The summed E-state index contributed by atoms with van der Waals surface area (Å²) in [5.74, 6) is -1.10. The molecular formula is C20H17FO5. The first-order valence-electron chi connectivity index (χ1n) is 8.01. The minimum Gasteiger partial charge on any atom is -0.481 e. The second-order valence-electron chi connectivity index (χ2n) is 6.11. The topological polar surface area (TPSA) is 76.7 Å². The number of halogens is 1. The van der Waals surface area contributed by atoms with Gasteiger partial charge in [0, 0.05) is 12.0 Å². The number of rotatable bonds is 5. The molecule has 0 unspecified atom stereocenters. The molecule has 0 atom stereocenters. The minimum atomic E-state index is -1.10. The number of carboxylic acids is 1. The number of hydrogen-bond donors (Lipinski definition) is 1. The molecule has 0 saturated heterocycles. The first-order valence-corrected chi connectivity index (χ1v) is 8.01. The lowest BCUT2D eigenvalue weighted by Crippen LogP contribution is -2.13. The Hall–Kier alpha value is -3.15. The molecule has 1 aromatic heterocycles. The highest BCUT2D eigenvalue weighted by Gasteiger charge is 2.17. The lowest BCUT2D eigenvalue weighted by atomic mass is 9.98. The van der Waals surface area contributed by atoms with E-state index in [1.54, 1.807) is 38.1 Å². The highest BCUT2D eigenvalue weighted by Crippen LogP contribution is 2.31. The van der Waals surface area contributed by atoms with Crippen LogP contribution in [-0.4, -0.2) is 17.7 Å². The van der Waals surface area contributed by atoms with Gasteiger partial charge in [-0.25, -0.2) is 14.0 Å². The van der Waals surface area contributed by atoms with E-state index in [1.807, 2.05) is 0 Å². The Morgan fingerprint density at radius 1 is 1.19 bits per heavy atom. The lowest BCUT2D eigenvalue weighted by Gasteiger charge is -2.13. The van der Waals surface area contributed by atoms with Crippen LogP contribution in [0.5, 0.6) is 5.75 Å². The highest BCUT2D eigenvalue weighted by molar-refractivity contribution is 5.88. The molecule has 2 aromatic carbocycles. The molecule has 1 heterocycles. The normalized spacial score (nSPS) is 10.9. The second-order valence-corrected chi connectivity index (χ2v) is 6.11. The molecule has 0 radical (unpaired) electrons. The predicted molar refractivity (Wildman–Crippen MR) is 94.3 cm³/mol. The molecule has 0 aliphatic rings. The van der Waals surface area contributed by atoms with Crippen molar-refractivity contribution in [2.24, 2.45) is 0 Å². The van der Waals surface area contributed by atoms with Crippen LogP contribution in [0.3, 0.4) is 0 Å². The summed E-state index contributed by atoms with van der Waals surface area (Å²) in [5.41, 5.74) is 2.49. The summed E-state index contributed by atoms with van der Waals surface area (Å²) in [6.07, 6.45) is 0.274. The molecule has 0 aliphatic heterocycles. The molecule has 134 valence electrons. The Bertz CT molecular complexity index is 1030. The Labute approximate surface area is 148 Å². The summed E-state index contributed by atoms with van der Waals surface area (Å²) in [7, 11) is 0. The van der Waals surface area contributed by atoms with Crippen LogP contribution in [0.15, 0.2) is 45.6 Å². The third-order valence-corrected chi connectivity index (χ3v) is 4.13. The molecule has 0 amide bonds. The molecule has 0 bridgehead atoms. The number of carbonyl (C=O) groups is 1. The summed E-state index contributed by atoms with van der Waals surface area (Å²) in [6, 6.07) is 9.29. The first kappa shape index (κ1) is 17.7. The number of hydrogen-bond acceptors (Lipinski definition) is 4. The molecule has 26 heavy (non-hydrogen) atoms. The number of benzene rings is 2. The number of fused-ring (bicyclic) bond motifs is 1. The quantitative estimate of drug-likeness (QED) is 0.707. The van der Waals surface area contributed by atoms with E-state index in [9.17, 15) is 14.0 Å². The minimum absolute atomic E-state index is 0.274. The van der Waals surface area contributed by atoms with Crippen molar-refractivity contribution in [1.29, 1.82) is 0 Å². The first-order chi connectivity index (χ1) is 12.3. The van der Waals surface area contributed by atoms with E-state index < -0.39 is 18.2 Å². The maximum atomic E-state index is 13.1. The van der Waals surface area contributed by atoms with E-state index in [0.717, 1.165) is 11.1 Å². The number of aliphatic carboxylic acids is 1. The van der Waals surface area contributed by atoms with Gasteiger partial charge in [0.05, 0.1) is 5.39 Å². The van der Waals surface area contributed by atoms with Crippen LogP contribution in [0.2, 0.25) is 0 Å². The third kappa shape index (κ3) is 3.59. The van der Waals surface area contributed by atoms with Crippen LogP contribution in [0.4, 0.5) is 4.39 Å². The van der Waals surface area contributed by atoms with Crippen molar-refractivity contribution < 1.29 is 23.4 Å². The van der Waals surface area contributed by atoms with Crippen molar-refractivity contribution >= 4 is 16.9 Å². The van der Waals surface area contributed by atoms with Crippen LogP contribution in [-0.2, 0) is 11.2 Å². The molecule has 3 aromatic rings. The maximum absolute atomic E-state index is 13.1. The summed E-state index contributed by atoms with van der Waals surface area (Å²) in [6.45, 7) is 3.07. The van der Waals surface area contributed by atoms with Crippen molar-refractivity contribution in [3.05, 3.63) is 74.9 Å². The summed E-state index contributed by atoms with van der Waals surface area (Å²) >= 11 is 0. The molecule has 0 fully saturated rings. The summed E-state index contributed by atoms with van der Waals surface area (Å²) < 4.78 is 23.9. The zero-order valence-electron chi connectivity index (χ0n) is 14.3. The molecule has 6 heteroatoms. The Morgan fingerprint density at radius 2 is 1.88 bits per heavy atom. The van der Waals surface area contributed by atoms with E-state index in [4.69, 9.17) is 14.3 Å². The fourth-order valence-corrected chi connectivity index (χ4v) is 2.90. The van der Waals surface area contributed by atoms with Crippen LogP contribution in [0.25, 0.3) is 11.0 Å². The van der Waals surface area contributed by atoms with Crippen LogP contribution in [0, 0.1) is 19.7 Å². The van der Waals surface area contributed by atoms with E-state index in [-0.39, 0.29) is 12.2 Å². The standard InChI is InChI=1S/C20H17FO5/c1-11-7-16(25-10-18(22)23)19-12(2)15(20(24)26-17(19)8-11)9-13-3-5-14(21)6-4-13/h3-8H,9-10H2,1-2H3,(H,22,23). The van der Waals surface area contributed by atoms with Gasteiger partial charge in [0.15, 0.2) is 6.61 Å². The Balaban J connectivity index is 2.13. The van der Waals surface area contributed by atoms with E-state index in [1.165, 1.54) is 12.1 Å². The average molecular weight is 356 g/mol. The fraction of sp³-hybridized carbons (Fsp3) is 0.200. The van der Waals surface area contributed by atoms with Gasteiger partial charge >= 0.3 is 11.6 Å². The zero-order chi connectivity index (χ0) is 18.8. The van der Waals surface area contributed by atoms with Gasteiger partial charge in [0.1, 0.15) is 17.1 Å². The van der Waals surface area contributed by atoms with E-state index in [2.05, 4.69) is 0 Å². The SMILES string of the molecule is Cc1cc(OCC(=O)O)c2c(C)c(Cc3ccc(F)cc3)c(=O)oc2c1.